The number of para-hydroxylation sites is 3. The van der Waals surface area contributed by atoms with Gasteiger partial charge < -0.3 is 19.8 Å². The van der Waals surface area contributed by atoms with Gasteiger partial charge in [-0.05, 0) is 44.0 Å². The van der Waals surface area contributed by atoms with E-state index in [1.54, 1.807) is 12.3 Å². The van der Waals surface area contributed by atoms with Crippen molar-refractivity contribution in [2.24, 2.45) is 4.99 Å². The summed E-state index contributed by atoms with van der Waals surface area (Å²) in [5, 5.41) is 24.0. The molecule has 2 aliphatic rings. The van der Waals surface area contributed by atoms with E-state index < -0.39 is 17.4 Å². The molecule has 2 aliphatic heterocycles. The van der Waals surface area contributed by atoms with E-state index in [1.165, 1.54) is 0 Å². The molecule has 0 amide bonds. The van der Waals surface area contributed by atoms with Crippen molar-refractivity contribution in [3.63, 3.8) is 0 Å². The smallest absolute Gasteiger partial charge is 0.176 e. The van der Waals surface area contributed by atoms with Gasteiger partial charge in [0.25, 0.3) is 0 Å². The van der Waals surface area contributed by atoms with Gasteiger partial charge in [0.2, 0.25) is 0 Å². The standard InChI is InChI=1S/C25H27ClN4O3/c1-24(13-17-5-4-6-19(26)23(17)29-24)33-16-18(31)15-30-11-9-25(32,10-12-30)22-14-27-20-7-2-3-8-21(20)28-22/h2-8,13-14,18,31-32H,9-12,15-16H2,1H3/t18-,24?/m1/s1. The molecule has 0 bridgehead atoms. The monoisotopic (exact) mass is 466 g/mol. The molecule has 1 aromatic heterocycles. The largest absolute Gasteiger partial charge is 0.389 e. The van der Waals surface area contributed by atoms with Crippen LogP contribution >= 0.6 is 11.6 Å². The topological polar surface area (TPSA) is 91.1 Å². The number of nitrogens with zero attached hydrogens (tertiary/aromatic N) is 4. The van der Waals surface area contributed by atoms with Gasteiger partial charge in [-0.1, -0.05) is 35.9 Å². The van der Waals surface area contributed by atoms with E-state index in [4.69, 9.17) is 16.3 Å². The summed E-state index contributed by atoms with van der Waals surface area (Å²) in [4.78, 5) is 15.8. The summed E-state index contributed by atoms with van der Waals surface area (Å²) in [6.45, 7) is 3.78. The van der Waals surface area contributed by atoms with Crippen LogP contribution in [0.4, 0.5) is 0 Å². The minimum absolute atomic E-state index is 0.152. The first kappa shape index (κ1) is 22.4. The second kappa shape index (κ2) is 8.74. The summed E-state index contributed by atoms with van der Waals surface area (Å²) in [5.41, 5.74) is 0.352. The van der Waals surface area contributed by atoms with Gasteiger partial charge in [-0.2, -0.15) is 0 Å². The first-order valence-electron chi connectivity index (χ1n) is 11.2. The van der Waals surface area contributed by atoms with Gasteiger partial charge in [0.1, 0.15) is 5.60 Å². The number of likely N-dealkylation sites (tertiary alicyclic amines) is 1. The Balaban J connectivity index is 1.16. The summed E-state index contributed by atoms with van der Waals surface area (Å²) >= 11 is 6.23. The average Bonchev–Trinajstić information content (AvgIpc) is 3.17. The van der Waals surface area contributed by atoms with Gasteiger partial charge in [-0.25, -0.2) is 9.98 Å². The molecular weight excluding hydrogens is 440 g/mol. The lowest BCUT2D eigenvalue weighted by molar-refractivity contribution is -0.0604. The molecule has 1 fully saturated rings. The van der Waals surface area contributed by atoms with Gasteiger partial charge in [0.05, 0.1) is 46.0 Å². The highest BCUT2D eigenvalue weighted by atomic mass is 35.5. The maximum absolute atomic E-state index is 11.2. The number of piperidine rings is 1. The number of rotatable bonds is 6. The van der Waals surface area contributed by atoms with Crippen molar-refractivity contribution in [2.45, 2.75) is 37.2 Å². The lowest BCUT2D eigenvalue weighted by Gasteiger charge is -2.38. The number of β-amino-alcohol motifs (C(OH)–C–C–N with tert-alkyl or cyclic N) is 1. The van der Waals surface area contributed by atoms with E-state index in [0.717, 1.165) is 21.6 Å². The highest BCUT2D eigenvalue weighted by molar-refractivity contribution is 6.30. The van der Waals surface area contributed by atoms with E-state index in [-0.39, 0.29) is 6.61 Å². The van der Waals surface area contributed by atoms with Crippen molar-refractivity contribution in [3.8, 4) is 0 Å². The van der Waals surface area contributed by atoms with Crippen LogP contribution in [0.15, 0.2) is 53.7 Å². The van der Waals surface area contributed by atoms with E-state index in [1.807, 2.05) is 49.4 Å². The SMILES string of the molecule is CC1(OC[C@H](O)CN2CCC(O)(c3cnc4ccccc4n3)CC2)C=c2cccc(Cl)c2=N1. The molecule has 172 valence electrons. The summed E-state index contributed by atoms with van der Waals surface area (Å²) in [5.74, 6) is 0. The van der Waals surface area contributed by atoms with Gasteiger partial charge in [-0.15, -0.1) is 0 Å². The highest BCUT2D eigenvalue weighted by Gasteiger charge is 2.36. The van der Waals surface area contributed by atoms with Crippen molar-refractivity contribution < 1.29 is 14.9 Å². The highest BCUT2D eigenvalue weighted by Crippen LogP contribution is 2.32. The van der Waals surface area contributed by atoms with Crippen LogP contribution in [0.25, 0.3) is 17.1 Å². The number of fused-ring (bicyclic) bond motifs is 2. The Kier molecular flexibility index (Phi) is 5.93. The van der Waals surface area contributed by atoms with Crippen LogP contribution in [0.1, 0.15) is 25.5 Å². The first-order chi connectivity index (χ1) is 15.8. The Morgan fingerprint density at radius 2 is 1.88 bits per heavy atom. The van der Waals surface area contributed by atoms with E-state index in [0.29, 0.717) is 43.2 Å². The zero-order valence-corrected chi connectivity index (χ0v) is 19.2. The normalized spacial score (nSPS) is 23.0. The van der Waals surface area contributed by atoms with Crippen LogP contribution in [0, 0.1) is 0 Å². The Bertz CT molecular complexity index is 1290. The number of hydrogen-bond acceptors (Lipinski definition) is 7. The fourth-order valence-electron chi connectivity index (χ4n) is 4.54. The molecule has 0 radical (unpaired) electrons. The summed E-state index contributed by atoms with van der Waals surface area (Å²) < 4.78 is 5.96. The molecule has 0 saturated carbocycles. The fraction of sp³-hybridized carbons (Fsp3) is 0.400. The number of aliphatic hydroxyl groups excluding tert-OH is 1. The van der Waals surface area contributed by atoms with E-state index in [9.17, 15) is 10.2 Å². The molecule has 2 N–H and O–H groups in total. The van der Waals surface area contributed by atoms with Crippen molar-refractivity contribution in [1.29, 1.82) is 0 Å². The van der Waals surface area contributed by atoms with Gasteiger partial charge >= 0.3 is 0 Å². The summed E-state index contributed by atoms with van der Waals surface area (Å²) in [6, 6.07) is 13.3. The van der Waals surface area contributed by atoms with E-state index >= 15 is 0 Å². The zero-order valence-electron chi connectivity index (χ0n) is 18.5. The van der Waals surface area contributed by atoms with E-state index in [2.05, 4.69) is 19.9 Å². The third-order valence-electron chi connectivity index (χ3n) is 6.42. The van der Waals surface area contributed by atoms with Crippen LogP contribution in [0.2, 0.25) is 5.02 Å². The predicted molar refractivity (Wildman–Crippen MR) is 126 cm³/mol. The molecule has 3 heterocycles. The van der Waals surface area contributed by atoms with Gasteiger partial charge in [0, 0.05) is 24.9 Å². The quantitative estimate of drug-likeness (QED) is 0.575. The number of benzene rings is 2. The van der Waals surface area contributed by atoms with Crippen molar-refractivity contribution >= 4 is 28.7 Å². The Labute approximate surface area is 197 Å². The second-order valence-corrected chi connectivity index (χ2v) is 9.44. The summed E-state index contributed by atoms with van der Waals surface area (Å²) in [7, 11) is 0. The van der Waals surface area contributed by atoms with Gasteiger partial charge in [-0.3, -0.25) is 4.98 Å². The van der Waals surface area contributed by atoms with Gasteiger partial charge in [0.15, 0.2) is 5.72 Å². The second-order valence-electron chi connectivity index (χ2n) is 9.03. The Hall–Kier alpha value is -2.42. The van der Waals surface area contributed by atoms with Crippen LogP contribution in [0.5, 0.6) is 0 Å². The molecule has 1 unspecified atom stereocenters. The fourth-order valence-corrected chi connectivity index (χ4v) is 4.77. The number of aliphatic hydroxyl groups is 2. The average molecular weight is 467 g/mol. The van der Waals surface area contributed by atoms with Crippen molar-refractivity contribution in [1.82, 2.24) is 14.9 Å². The molecular formula is C25H27ClN4O3. The molecule has 1 saturated heterocycles. The molecule has 33 heavy (non-hydrogen) atoms. The van der Waals surface area contributed by atoms with Crippen LogP contribution in [-0.4, -0.2) is 63.2 Å². The van der Waals surface area contributed by atoms with Crippen molar-refractivity contribution in [3.05, 3.63) is 70.0 Å². The molecule has 7 nitrogen and oxygen atoms in total. The van der Waals surface area contributed by atoms with Crippen molar-refractivity contribution in [2.75, 3.05) is 26.2 Å². The van der Waals surface area contributed by atoms with Crippen LogP contribution in [-0.2, 0) is 10.3 Å². The lowest BCUT2D eigenvalue weighted by Crippen LogP contribution is -2.46. The Morgan fingerprint density at radius 3 is 2.64 bits per heavy atom. The third-order valence-corrected chi connectivity index (χ3v) is 6.73. The zero-order chi connectivity index (χ0) is 23.1. The number of ether oxygens (including phenoxy) is 1. The maximum Gasteiger partial charge on any atom is 0.176 e. The maximum atomic E-state index is 11.2. The molecule has 8 heteroatoms. The molecule has 2 atom stereocenters. The predicted octanol–water partition coefficient (Wildman–Crippen LogP) is 1.77. The third kappa shape index (κ3) is 4.65. The number of halogens is 1. The Morgan fingerprint density at radius 1 is 1.12 bits per heavy atom. The van der Waals surface area contributed by atoms with Crippen LogP contribution in [0.3, 0.4) is 0 Å². The molecule has 0 aliphatic carbocycles. The minimum atomic E-state index is -1.01. The number of aromatic nitrogens is 2. The first-order valence-corrected chi connectivity index (χ1v) is 11.6. The molecule has 3 aromatic rings. The molecule has 5 rings (SSSR count). The minimum Gasteiger partial charge on any atom is -0.389 e. The molecule has 0 spiro atoms. The number of hydrogen-bond donors (Lipinski definition) is 2. The summed E-state index contributed by atoms with van der Waals surface area (Å²) in [6.07, 6.45) is 3.99. The lowest BCUT2D eigenvalue weighted by atomic mass is 9.88. The van der Waals surface area contributed by atoms with Crippen LogP contribution < -0.4 is 10.6 Å². The molecule has 2 aromatic carbocycles.